The van der Waals surface area contributed by atoms with Gasteiger partial charge in [0.15, 0.2) is 11.5 Å². The topological polar surface area (TPSA) is 30.5 Å². The minimum atomic E-state index is -2.88. The Bertz CT molecular complexity index is 508. The molecule has 1 aromatic rings. The van der Waals surface area contributed by atoms with Crippen LogP contribution in [0.2, 0.25) is 0 Å². The maximum atomic E-state index is 13.9. The maximum absolute atomic E-state index is 13.9. The predicted molar refractivity (Wildman–Crippen MR) is 76.3 cm³/mol. The highest BCUT2D eigenvalue weighted by Gasteiger charge is 2.31. The molecule has 1 unspecified atom stereocenters. The summed E-state index contributed by atoms with van der Waals surface area (Å²) in [6.45, 7) is 2.98. The molecule has 3 rings (SSSR count). The van der Waals surface area contributed by atoms with Crippen molar-refractivity contribution in [1.82, 2.24) is 5.32 Å². The number of nitrogens with one attached hydrogen (secondary N) is 1. The lowest BCUT2D eigenvalue weighted by molar-refractivity contribution is 0.0162. The average molecular weight is 297 g/mol. The normalized spacial score (nSPS) is 22.1. The first-order chi connectivity index (χ1) is 10.0. The lowest BCUT2D eigenvalue weighted by Crippen LogP contribution is -2.25. The highest BCUT2D eigenvalue weighted by atomic mass is 19.3. The maximum Gasteiger partial charge on any atom is 0.270 e. The van der Waals surface area contributed by atoms with Crippen molar-refractivity contribution in [2.45, 2.75) is 44.6 Å². The molecule has 0 saturated carbocycles. The van der Waals surface area contributed by atoms with Crippen molar-refractivity contribution in [3.05, 3.63) is 23.3 Å². The van der Waals surface area contributed by atoms with Crippen molar-refractivity contribution >= 4 is 0 Å². The number of fused-ring (bicyclic) bond motifs is 1. The third kappa shape index (κ3) is 3.28. The minimum Gasteiger partial charge on any atom is -0.490 e. The molecule has 1 N–H and O–H groups in total. The first-order valence-electron chi connectivity index (χ1n) is 7.58. The zero-order valence-corrected chi connectivity index (χ0v) is 12.3. The highest BCUT2D eigenvalue weighted by molar-refractivity contribution is 5.49. The van der Waals surface area contributed by atoms with Gasteiger partial charge in [0, 0.05) is 24.9 Å². The van der Waals surface area contributed by atoms with Crippen LogP contribution in [0.4, 0.5) is 8.78 Å². The van der Waals surface area contributed by atoms with Crippen LogP contribution in [0.25, 0.3) is 0 Å². The Morgan fingerprint density at radius 3 is 2.52 bits per heavy atom. The van der Waals surface area contributed by atoms with Crippen molar-refractivity contribution < 1.29 is 18.3 Å². The van der Waals surface area contributed by atoms with Gasteiger partial charge in [0.25, 0.3) is 5.92 Å². The molecule has 5 heteroatoms. The van der Waals surface area contributed by atoms with E-state index in [0.717, 1.165) is 32.7 Å². The summed E-state index contributed by atoms with van der Waals surface area (Å²) in [5.74, 6) is -1.85. The van der Waals surface area contributed by atoms with Gasteiger partial charge in [0.2, 0.25) is 0 Å². The molecule has 0 radical (unpaired) electrons. The largest absolute Gasteiger partial charge is 0.490 e. The van der Waals surface area contributed by atoms with E-state index in [1.165, 1.54) is 6.07 Å². The van der Waals surface area contributed by atoms with Crippen LogP contribution < -0.4 is 14.8 Å². The van der Waals surface area contributed by atoms with E-state index in [2.05, 4.69) is 5.32 Å². The van der Waals surface area contributed by atoms with Gasteiger partial charge in [-0.3, -0.25) is 0 Å². The number of halogens is 2. The molecule has 1 aromatic carbocycles. The van der Waals surface area contributed by atoms with Gasteiger partial charge in [0.1, 0.15) is 0 Å². The van der Waals surface area contributed by atoms with Crippen molar-refractivity contribution in [3.63, 3.8) is 0 Å². The fraction of sp³-hybridized carbons (Fsp3) is 0.625. The molecule has 116 valence electrons. The Balaban J connectivity index is 1.96. The zero-order valence-electron chi connectivity index (χ0n) is 12.3. The van der Waals surface area contributed by atoms with Crippen LogP contribution in [0.3, 0.4) is 0 Å². The summed E-state index contributed by atoms with van der Waals surface area (Å²) < 4.78 is 39.1. The first kappa shape index (κ1) is 14.6. The third-order valence-corrected chi connectivity index (χ3v) is 4.07. The fourth-order valence-electron chi connectivity index (χ4n) is 3.02. The standard InChI is InChI=1S/C16H21F2NO2/c1-16(17,18)13-10-15-14(20-6-3-7-21-15)9-11(13)8-12-4-2-5-19-12/h9-10,12,19H,2-8H2,1H3. The smallest absolute Gasteiger partial charge is 0.270 e. The molecular formula is C16H21F2NO2. The van der Waals surface area contributed by atoms with E-state index in [1.54, 1.807) is 6.07 Å². The summed E-state index contributed by atoms with van der Waals surface area (Å²) in [6, 6.07) is 3.48. The number of hydrogen-bond acceptors (Lipinski definition) is 3. The lowest BCUT2D eigenvalue weighted by atomic mass is 9.95. The summed E-state index contributed by atoms with van der Waals surface area (Å²) in [6.07, 6.45) is 3.51. The Morgan fingerprint density at radius 2 is 1.90 bits per heavy atom. The van der Waals surface area contributed by atoms with Gasteiger partial charge in [-0.05, 0) is 43.5 Å². The van der Waals surface area contributed by atoms with Crippen LogP contribution in [0.15, 0.2) is 12.1 Å². The summed E-state index contributed by atoms with van der Waals surface area (Å²) in [7, 11) is 0. The Morgan fingerprint density at radius 1 is 1.19 bits per heavy atom. The van der Waals surface area contributed by atoms with Crippen LogP contribution in [-0.4, -0.2) is 25.8 Å². The molecule has 1 saturated heterocycles. The second-order valence-corrected chi connectivity index (χ2v) is 5.89. The van der Waals surface area contributed by atoms with E-state index in [0.29, 0.717) is 36.7 Å². The molecule has 0 amide bonds. The average Bonchev–Trinajstić information content (AvgIpc) is 2.81. The summed E-state index contributed by atoms with van der Waals surface area (Å²) >= 11 is 0. The predicted octanol–water partition coefficient (Wildman–Crippen LogP) is 3.25. The quantitative estimate of drug-likeness (QED) is 0.929. The number of hydrogen-bond donors (Lipinski definition) is 1. The number of alkyl halides is 2. The Kier molecular flexibility index (Phi) is 4.02. The van der Waals surface area contributed by atoms with Gasteiger partial charge in [-0.2, -0.15) is 0 Å². The lowest BCUT2D eigenvalue weighted by Gasteiger charge is -2.21. The number of ether oxygens (including phenoxy) is 2. The second-order valence-electron chi connectivity index (χ2n) is 5.89. The van der Waals surface area contributed by atoms with Crippen LogP contribution in [-0.2, 0) is 12.3 Å². The molecule has 1 fully saturated rings. The van der Waals surface area contributed by atoms with Crippen molar-refractivity contribution in [2.75, 3.05) is 19.8 Å². The van der Waals surface area contributed by atoms with Crippen LogP contribution in [0.1, 0.15) is 37.3 Å². The van der Waals surface area contributed by atoms with E-state index in [9.17, 15) is 8.78 Å². The van der Waals surface area contributed by atoms with Crippen molar-refractivity contribution in [2.24, 2.45) is 0 Å². The molecule has 1 atom stereocenters. The van der Waals surface area contributed by atoms with Gasteiger partial charge in [-0.25, -0.2) is 8.78 Å². The SMILES string of the molecule is CC(F)(F)c1cc2c(cc1CC1CCCN1)OCCCO2. The van der Waals surface area contributed by atoms with Crippen LogP contribution in [0.5, 0.6) is 11.5 Å². The molecule has 21 heavy (non-hydrogen) atoms. The molecule has 3 nitrogen and oxygen atoms in total. The number of rotatable bonds is 3. The molecule has 2 aliphatic heterocycles. The monoisotopic (exact) mass is 297 g/mol. The van der Waals surface area contributed by atoms with Gasteiger partial charge in [0.05, 0.1) is 13.2 Å². The van der Waals surface area contributed by atoms with Crippen LogP contribution >= 0.6 is 0 Å². The molecule has 0 bridgehead atoms. The van der Waals surface area contributed by atoms with Crippen LogP contribution in [0, 0.1) is 0 Å². The molecule has 2 heterocycles. The molecule has 0 aromatic heterocycles. The third-order valence-electron chi connectivity index (χ3n) is 4.07. The van der Waals surface area contributed by atoms with Crippen molar-refractivity contribution in [3.8, 4) is 11.5 Å². The Hall–Kier alpha value is -1.36. The minimum absolute atomic E-state index is 0.0560. The first-order valence-corrected chi connectivity index (χ1v) is 7.58. The molecule has 2 aliphatic rings. The van der Waals surface area contributed by atoms with E-state index in [-0.39, 0.29) is 11.6 Å². The van der Waals surface area contributed by atoms with E-state index in [1.807, 2.05) is 0 Å². The van der Waals surface area contributed by atoms with E-state index in [4.69, 9.17) is 9.47 Å². The van der Waals surface area contributed by atoms with Gasteiger partial charge < -0.3 is 14.8 Å². The van der Waals surface area contributed by atoms with Crippen molar-refractivity contribution in [1.29, 1.82) is 0 Å². The zero-order chi connectivity index (χ0) is 14.9. The van der Waals surface area contributed by atoms with E-state index < -0.39 is 5.92 Å². The summed E-state index contributed by atoms with van der Waals surface area (Å²) in [5, 5.41) is 3.36. The molecule has 0 spiro atoms. The fourth-order valence-corrected chi connectivity index (χ4v) is 3.02. The Labute approximate surface area is 123 Å². The van der Waals surface area contributed by atoms with Gasteiger partial charge >= 0.3 is 0 Å². The second kappa shape index (κ2) is 5.79. The van der Waals surface area contributed by atoms with Gasteiger partial charge in [-0.15, -0.1) is 0 Å². The summed E-state index contributed by atoms with van der Waals surface area (Å²) in [4.78, 5) is 0. The van der Waals surface area contributed by atoms with E-state index >= 15 is 0 Å². The molecule has 0 aliphatic carbocycles. The number of benzene rings is 1. The van der Waals surface area contributed by atoms with Gasteiger partial charge in [-0.1, -0.05) is 0 Å². The summed E-state index contributed by atoms with van der Waals surface area (Å²) in [5.41, 5.74) is 0.714. The highest BCUT2D eigenvalue weighted by Crippen LogP contribution is 2.39. The molecular weight excluding hydrogens is 276 g/mol.